The molecular formula is C14H13Cl2FN2O. The number of anilines is 1. The number of nitrogens with zero attached hydrogens (tertiary/aromatic N) is 1. The maximum atomic E-state index is 13.5. The van der Waals surface area contributed by atoms with Gasteiger partial charge in [-0.25, -0.2) is 4.39 Å². The van der Waals surface area contributed by atoms with Crippen LogP contribution in [0.25, 0.3) is 0 Å². The summed E-state index contributed by atoms with van der Waals surface area (Å²) in [4.78, 5) is 4.10. The van der Waals surface area contributed by atoms with Gasteiger partial charge in [0.05, 0.1) is 22.6 Å². The molecule has 1 aromatic carbocycles. The summed E-state index contributed by atoms with van der Waals surface area (Å²) in [5.74, 6) is -0.0298. The van der Waals surface area contributed by atoms with Gasteiger partial charge in [-0.15, -0.1) is 0 Å². The standard InChI is InChI=1S/C14H13Cl2FN2O/c1-7-12(5-9(18)6-19-7)20-8(2)13-10(15)3-4-11(17)14(13)16/h3-6,8H,18H2,1-2H3. The van der Waals surface area contributed by atoms with Gasteiger partial charge in [0.2, 0.25) is 0 Å². The fourth-order valence-electron chi connectivity index (χ4n) is 1.81. The molecule has 0 bridgehead atoms. The summed E-state index contributed by atoms with van der Waals surface area (Å²) in [6.07, 6.45) is 1.00. The third kappa shape index (κ3) is 2.97. The molecule has 3 nitrogen and oxygen atoms in total. The van der Waals surface area contributed by atoms with Gasteiger partial charge in [0.15, 0.2) is 0 Å². The van der Waals surface area contributed by atoms with E-state index in [1.54, 1.807) is 19.9 Å². The highest BCUT2D eigenvalue weighted by Crippen LogP contribution is 2.35. The number of nitrogens with two attached hydrogens (primary N) is 1. The molecule has 2 rings (SSSR count). The van der Waals surface area contributed by atoms with Crippen LogP contribution in [0.2, 0.25) is 10.0 Å². The highest BCUT2D eigenvalue weighted by Gasteiger charge is 2.19. The third-order valence-corrected chi connectivity index (χ3v) is 3.57. The van der Waals surface area contributed by atoms with Gasteiger partial charge in [-0.3, -0.25) is 4.98 Å². The Bertz CT molecular complexity index is 649. The zero-order chi connectivity index (χ0) is 14.9. The van der Waals surface area contributed by atoms with E-state index < -0.39 is 11.9 Å². The molecule has 0 fully saturated rings. The van der Waals surface area contributed by atoms with Crippen molar-refractivity contribution >= 4 is 28.9 Å². The molecule has 106 valence electrons. The molecule has 0 amide bonds. The normalized spacial score (nSPS) is 12.2. The van der Waals surface area contributed by atoms with Gasteiger partial charge in [-0.2, -0.15) is 0 Å². The second-order valence-corrected chi connectivity index (χ2v) is 5.15. The molecule has 2 N–H and O–H groups in total. The molecule has 0 saturated heterocycles. The first-order chi connectivity index (χ1) is 9.40. The lowest BCUT2D eigenvalue weighted by Crippen LogP contribution is -2.07. The van der Waals surface area contributed by atoms with Crippen LogP contribution in [0.4, 0.5) is 10.1 Å². The van der Waals surface area contributed by atoms with Crippen molar-refractivity contribution in [2.75, 3.05) is 5.73 Å². The van der Waals surface area contributed by atoms with Crippen LogP contribution in [0, 0.1) is 12.7 Å². The van der Waals surface area contributed by atoms with E-state index in [0.717, 1.165) is 0 Å². The van der Waals surface area contributed by atoms with Crippen molar-refractivity contribution in [3.8, 4) is 5.75 Å². The van der Waals surface area contributed by atoms with Crippen LogP contribution in [0.5, 0.6) is 5.75 Å². The summed E-state index contributed by atoms with van der Waals surface area (Å²) in [6.45, 7) is 3.52. The lowest BCUT2D eigenvalue weighted by molar-refractivity contribution is 0.224. The highest BCUT2D eigenvalue weighted by atomic mass is 35.5. The average molecular weight is 315 g/mol. The molecule has 1 unspecified atom stereocenters. The Morgan fingerprint density at radius 3 is 2.75 bits per heavy atom. The molecule has 1 heterocycles. The van der Waals surface area contributed by atoms with Gasteiger partial charge in [0.25, 0.3) is 0 Å². The lowest BCUT2D eigenvalue weighted by atomic mass is 10.1. The van der Waals surface area contributed by atoms with E-state index in [1.165, 1.54) is 18.3 Å². The second kappa shape index (κ2) is 5.85. The van der Waals surface area contributed by atoms with E-state index in [2.05, 4.69) is 4.98 Å². The van der Waals surface area contributed by atoms with Gasteiger partial charge in [-0.1, -0.05) is 23.2 Å². The quantitative estimate of drug-likeness (QED) is 0.845. The minimum Gasteiger partial charge on any atom is -0.484 e. The number of hydrogen-bond donors (Lipinski definition) is 1. The molecule has 0 saturated carbocycles. The van der Waals surface area contributed by atoms with Gasteiger partial charge < -0.3 is 10.5 Å². The fraction of sp³-hybridized carbons (Fsp3) is 0.214. The van der Waals surface area contributed by atoms with E-state index in [1.807, 2.05) is 0 Å². The SMILES string of the molecule is Cc1ncc(N)cc1OC(C)c1c(Cl)ccc(F)c1Cl. The minimum absolute atomic E-state index is 0.0421. The van der Waals surface area contributed by atoms with E-state index >= 15 is 0 Å². The predicted molar refractivity (Wildman–Crippen MR) is 78.8 cm³/mol. The Morgan fingerprint density at radius 2 is 2.05 bits per heavy atom. The summed E-state index contributed by atoms with van der Waals surface area (Å²) in [6, 6.07) is 4.32. The fourth-order valence-corrected chi connectivity index (χ4v) is 2.49. The van der Waals surface area contributed by atoms with E-state index in [-0.39, 0.29) is 5.02 Å². The van der Waals surface area contributed by atoms with Crippen molar-refractivity contribution in [1.29, 1.82) is 0 Å². The maximum absolute atomic E-state index is 13.5. The highest BCUT2D eigenvalue weighted by molar-refractivity contribution is 6.36. The number of ether oxygens (including phenoxy) is 1. The van der Waals surface area contributed by atoms with Crippen molar-refractivity contribution in [2.45, 2.75) is 20.0 Å². The summed E-state index contributed by atoms with van der Waals surface area (Å²) in [5, 5.41) is 0.304. The van der Waals surface area contributed by atoms with Crippen LogP contribution in [0.1, 0.15) is 24.3 Å². The molecule has 1 atom stereocenters. The number of aromatic nitrogens is 1. The number of benzene rings is 1. The van der Waals surface area contributed by atoms with Crippen molar-refractivity contribution in [2.24, 2.45) is 0 Å². The van der Waals surface area contributed by atoms with Gasteiger partial charge in [-0.05, 0) is 26.0 Å². The second-order valence-electron chi connectivity index (χ2n) is 4.37. The van der Waals surface area contributed by atoms with E-state index in [4.69, 9.17) is 33.7 Å². The number of aryl methyl sites for hydroxylation is 1. The molecule has 1 aromatic heterocycles. The Morgan fingerprint density at radius 1 is 1.35 bits per heavy atom. The van der Waals surface area contributed by atoms with Crippen LogP contribution in [0.3, 0.4) is 0 Å². The summed E-state index contributed by atoms with van der Waals surface area (Å²) < 4.78 is 19.3. The van der Waals surface area contributed by atoms with Gasteiger partial charge in [0.1, 0.15) is 17.7 Å². The Kier molecular flexibility index (Phi) is 4.35. The number of nitrogen functional groups attached to an aromatic ring is 1. The van der Waals surface area contributed by atoms with Crippen LogP contribution in [0.15, 0.2) is 24.4 Å². The monoisotopic (exact) mass is 314 g/mol. The number of rotatable bonds is 3. The van der Waals surface area contributed by atoms with Crippen LogP contribution < -0.4 is 10.5 Å². The molecule has 20 heavy (non-hydrogen) atoms. The first kappa shape index (κ1) is 14.9. The Balaban J connectivity index is 2.35. The first-order valence-electron chi connectivity index (χ1n) is 5.92. The molecular weight excluding hydrogens is 302 g/mol. The number of pyridine rings is 1. The van der Waals surface area contributed by atoms with Gasteiger partial charge in [0, 0.05) is 16.7 Å². The summed E-state index contributed by atoms with van der Waals surface area (Å²) in [5.41, 5.74) is 7.23. The molecule has 0 aliphatic rings. The van der Waals surface area contributed by atoms with Crippen molar-refractivity contribution in [3.05, 3.63) is 51.5 Å². The maximum Gasteiger partial charge on any atom is 0.143 e. The Labute approximate surface area is 126 Å². The molecule has 2 aromatic rings. The third-order valence-electron chi connectivity index (χ3n) is 2.85. The molecule has 0 aliphatic carbocycles. The minimum atomic E-state index is -0.538. The lowest BCUT2D eigenvalue weighted by Gasteiger charge is -2.19. The summed E-state index contributed by atoms with van der Waals surface area (Å²) in [7, 11) is 0. The molecule has 6 heteroatoms. The number of hydrogen-bond acceptors (Lipinski definition) is 3. The Hall–Kier alpha value is -1.52. The predicted octanol–water partition coefficient (Wildman–Crippen LogP) is 4.56. The average Bonchev–Trinajstić information content (AvgIpc) is 2.39. The van der Waals surface area contributed by atoms with Crippen LogP contribution in [-0.4, -0.2) is 4.98 Å². The van der Waals surface area contributed by atoms with Gasteiger partial charge >= 0.3 is 0 Å². The van der Waals surface area contributed by atoms with Crippen molar-refractivity contribution < 1.29 is 9.13 Å². The zero-order valence-electron chi connectivity index (χ0n) is 11.0. The van der Waals surface area contributed by atoms with Crippen LogP contribution in [-0.2, 0) is 0 Å². The van der Waals surface area contributed by atoms with Crippen molar-refractivity contribution in [3.63, 3.8) is 0 Å². The topological polar surface area (TPSA) is 48.1 Å². The smallest absolute Gasteiger partial charge is 0.143 e. The van der Waals surface area contributed by atoms with E-state index in [9.17, 15) is 4.39 Å². The number of halogens is 3. The molecule has 0 spiro atoms. The zero-order valence-corrected chi connectivity index (χ0v) is 12.5. The van der Waals surface area contributed by atoms with Crippen LogP contribution >= 0.6 is 23.2 Å². The largest absolute Gasteiger partial charge is 0.484 e. The van der Waals surface area contributed by atoms with Crippen molar-refractivity contribution in [1.82, 2.24) is 4.98 Å². The first-order valence-corrected chi connectivity index (χ1v) is 6.68. The van der Waals surface area contributed by atoms with E-state index in [0.29, 0.717) is 27.7 Å². The summed E-state index contributed by atoms with van der Waals surface area (Å²) >= 11 is 12.0. The molecule has 0 radical (unpaired) electrons. The molecule has 0 aliphatic heterocycles.